The maximum Gasteiger partial charge on any atom is 0.217 e. The van der Waals surface area contributed by atoms with Gasteiger partial charge in [0.25, 0.3) is 0 Å². The first-order valence-electron chi connectivity index (χ1n) is 6.66. The number of quaternary nitrogens is 1. The van der Waals surface area contributed by atoms with Gasteiger partial charge in [0.05, 0.1) is 6.61 Å². The summed E-state index contributed by atoms with van der Waals surface area (Å²) in [7, 11) is -4.48. The molecular formula is C12H29NO4S. The van der Waals surface area contributed by atoms with Crippen molar-refractivity contribution in [3.8, 4) is 0 Å². The van der Waals surface area contributed by atoms with Gasteiger partial charge in [0, 0.05) is 0 Å². The zero-order valence-electron chi connectivity index (χ0n) is 11.8. The minimum atomic E-state index is -4.48. The molecule has 0 rings (SSSR count). The molecule has 0 spiro atoms. The van der Waals surface area contributed by atoms with Crippen LogP contribution in [0.1, 0.15) is 71.1 Å². The highest BCUT2D eigenvalue weighted by atomic mass is 32.3. The maximum atomic E-state index is 10.1. The Balaban J connectivity index is 0. The molecule has 0 unspecified atom stereocenters. The minimum Gasteiger partial charge on any atom is -0.726 e. The predicted molar refractivity (Wildman–Crippen MR) is 73.5 cm³/mol. The highest BCUT2D eigenvalue weighted by Crippen LogP contribution is 2.10. The molecule has 0 aliphatic rings. The molecular weight excluding hydrogens is 254 g/mol. The molecule has 6 heteroatoms. The van der Waals surface area contributed by atoms with Crippen molar-refractivity contribution in [2.45, 2.75) is 71.1 Å². The summed E-state index contributed by atoms with van der Waals surface area (Å²) < 4.78 is 34.5. The molecule has 0 heterocycles. The number of hydrogen-bond acceptors (Lipinski definition) is 4. The van der Waals surface area contributed by atoms with Crippen LogP contribution in [0.3, 0.4) is 0 Å². The van der Waals surface area contributed by atoms with Gasteiger partial charge in [0.1, 0.15) is 0 Å². The van der Waals surface area contributed by atoms with Crippen LogP contribution in [-0.2, 0) is 14.6 Å². The Morgan fingerprint density at radius 1 is 0.833 bits per heavy atom. The average Bonchev–Trinajstić information content (AvgIpc) is 2.24. The highest BCUT2D eigenvalue weighted by molar-refractivity contribution is 7.80. The molecule has 0 aliphatic carbocycles. The normalized spacial score (nSPS) is 11.2. The van der Waals surface area contributed by atoms with Crippen molar-refractivity contribution in [1.82, 2.24) is 6.15 Å². The monoisotopic (exact) mass is 283 g/mol. The van der Waals surface area contributed by atoms with Gasteiger partial charge in [-0.15, -0.1) is 0 Å². The molecule has 5 nitrogen and oxygen atoms in total. The van der Waals surface area contributed by atoms with Gasteiger partial charge in [-0.05, 0) is 6.42 Å². The summed E-state index contributed by atoms with van der Waals surface area (Å²) >= 11 is 0. The first kappa shape index (κ1) is 20.2. The average molecular weight is 283 g/mol. The van der Waals surface area contributed by atoms with Crippen LogP contribution in [-0.4, -0.2) is 19.6 Å². The summed E-state index contributed by atoms with van der Waals surface area (Å²) in [4.78, 5) is 0. The van der Waals surface area contributed by atoms with Crippen molar-refractivity contribution in [3.63, 3.8) is 0 Å². The quantitative estimate of drug-likeness (QED) is 0.334. The van der Waals surface area contributed by atoms with E-state index in [-0.39, 0.29) is 12.8 Å². The Bertz CT molecular complexity index is 255. The summed E-state index contributed by atoms with van der Waals surface area (Å²) in [5.74, 6) is 0. The van der Waals surface area contributed by atoms with Crippen molar-refractivity contribution < 1.29 is 17.2 Å². The summed E-state index contributed by atoms with van der Waals surface area (Å²) in [5.41, 5.74) is 0. The van der Waals surface area contributed by atoms with Crippen LogP contribution < -0.4 is 6.15 Å². The standard InChI is InChI=1S/C12H26O4S.H3N/c1-2-3-4-5-6-7-8-9-10-11-12-16-17(13,14)15;/h2-12H2,1H3,(H,13,14,15);1H3. The van der Waals surface area contributed by atoms with Gasteiger partial charge in [0.15, 0.2) is 0 Å². The fourth-order valence-electron chi connectivity index (χ4n) is 1.75. The second-order valence-electron chi connectivity index (χ2n) is 4.41. The third-order valence-corrected chi connectivity index (χ3v) is 3.18. The van der Waals surface area contributed by atoms with Gasteiger partial charge >= 0.3 is 0 Å². The van der Waals surface area contributed by atoms with Crippen molar-refractivity contribution >= 4 is 10.4 Å². The van der Waals surface area contributed by atoms with Crippen LogP contribution in [0.15, 0.2) is 0 Å². The summed E-state index contributed by atoms with van der Waals surface area (Å²) in [6.45, 7) is 2.24. The zero-order valence-corrected chi connectivity index (χ0v) is 12.6. The Hall–Kier alpha value is -0.170. The van der Waals surface area contributed by atoms with Crippen LogP contribution in [0.5, 0.6) is 0 Å². The van der Waals surface area contributed by atoms with Crippen LogP contribution in [0.25, 0.3) is 0 Å². The van der Waals surface area contributed by atoms with Gasteiger partial charge in [-0.25, -0.2) is 8.42 Å². The van der Waals surface area contributed by atoms with E-state index in [1.54, 1.807) is 0 Å². The molecule has 18 heavy (non-hydrogen) atoms. The zero-order chi connectivity index (χ0) is 13.0. The fraction of sp³-hybridized carbons (Fsp3) is 1.00. The second kappa shape index (κ2) is 13.3. The van der Waals surface area contributed by atoms with Gasteiger partial charge in [0.2, 0.25) is 10.4 Å². The van der Waals surface area contributed by atoms with E-state index in [0.29, 0.717) is 6.42 Å². The molecule has 0 bridgehead atoms. The Kier molecular flexibility index (Phi) is 14.9. The fourth-order valence-corrected chi connectivity index (χ4v) is 2.07. The van der Waals surface area contributed by atoms with E-state index in [4.69, 9.17) is 0 Å². The second-order valence-corrected chi connectivity index (χ2v) is 5.46. The summed E-state index contributed by atoms with van der Waals surface area (Å²) in [6.07, 6.45) is 11.7. The number of hydrogen-bond donors (Lipinski definition) is 1. The minimum absolute atomic E-state index is 0. The third-order valence-electron chi connectivity index (χ3n) is 2.73. The van der Waals surface area contributed by atoms with Crippen LogP contribution in [0, 0.1) is 0 Å². The molecule has 0 fully saturated rings. The van der Waals surface area contributed by atoms with E-state index in [1.165, 1.54) is 44.9 Å². The molecule has 112 valence electrons. The smallest absolute Gasteiger partial charge is 0.217 e. The van der Waals surface area contributed by atoms with Crippen LogP contribution in [0.2, 0.25) is 0 Å². The molecule has 0 aromatic carbocycles. The molecule has 0 aliphatic heterocycles. The van der Waals surface area contributed by atoms with Gasteiger partial charge in [-0.3, -0.25) is 4.18 Å². The SMILES string of the molecule is CCCCCCCCCCCCOS(=O)(=O)[O-].[NH4+]. The van der Waals surface area contributed by atoms with E-state index in [1.807, 2.05) is 0 Å². The first-order valence-corrected chi connectivity index (χ1v) is 8.00. The van der Waals surface area contributed by atoms with E-state index in [9.17, 15) is 13.0 Å². The summed E-state index contributed by atoms with van der Waals surface area (Å²) in [5, 5.41) is 0. The van der Waals surface area contributed by atoms with Crippen LogP contribution in [0.4, 0.5) is 0 Å². The number of unbranched alkanes of at least 4 members (excludes halogenated alkanes) is 9. The Morgan fingerprint density at radius 2 is 1.22 bits per heavy atom. The van der Waals surface area contributed by atoms with Crippen molar-refractivity contribution in [2.24, 2.45) is 0 Å². The van der Waals surface area contributed by atoms with E-state index in [2.05, 4.69) is 11.1 Å². The molecule has 0 atom stereocenters. The van der Waals surface area contributed by atoms with Crippen LogP contribution >= 0.6 is 0 Å². The molecule has 0 saturated heterocycles. The molecule has 0 saturated carbocycles. The summed E-state index contributed by atoms with van der Waals surface area (Å²) in [6, 6.07) is 0. The lowest BCUT2D eigenvalue weighted by atomic mass is 10.1. The predicted octanol–water partition coefficient (Wildman–Crippen LogP) is 3.76. The molecule has 0 aromatic heterocycles. The van der Waals surface area contributed by atoms with Gasteiger partial charge < -0.3 is 10.7 Å². The number of rotatable bonds is 12. The molecule has 0 radical (unpaired) electrons. The van der Waals surface area contributed by atoms with Gasteiger partial charge in [-0.1, -0.05) is 64.7 Å². The van der Waals surface area contributed by atoms with Gasteiger partial charge in [-0.2, -0.15) is 0 Å². The highest BCUT2D eigenvalue weighted by Gasteiger charge is 1.95. The Morgan fingerprint density at radius 3 is 1.61 bits per heavy atom. The first-order chi connectivity index (χ1) is 8.06. The Labute approximate surface area is 112 Å². The lowest BCUT2D eigenvalue weighted by molar-refractivity contribution is 0.255. The van der Waals surface area contributed by atoms with Crippen molar-refractivity contribution in [2.75, 3.05) is 6.61 Å². The third kappa shape index (κ3) is 18.2. The molecule has 0 amide bonds. The molecule has 4 N–H and O–H groups in total. The van der Waals surface area contributed by atoms with Crippen molar-refractivity contribution in [3.05, 3.63) is 0 Å². The topological polar surface area (TPSA) is 103 Å². The lowest BCUT2D eigenvalue weighted by Gasteiger charge is -2.06. The van der Waals surface area contributed by atoms with E-state index >= 15 is 0 Å². The van der Waals surface area contributed by atoms with E-state index in [0.717, 1.165) is 12.8 Å². The molecule has 0 aromatic rings. The maximum absolute atomic E-state index is 10.1. The largest absolute Gasteiger partial charge is 0.726 e. The lowest BCUT2D eigenvalue weighted by Crippen LogP contribution is -2.05. The van der Waals surface area contributed by atoms with E-state index < -0.39 is 10.4 Å². The van der Waals surface area contributed by atoms with Crippen molar-refractivity contribution in [1.29, 1.82) is 0 Å².